The molecular formula is C16H18N6O3. The molecule has 1 amide bonds. The molecule has 0 bridgehead atoms. The van der Waals surface area contributed by atoms with Gasteiger partial charge >= 0.3 is 5.69 Å². The molecule has 0 aliphatic rings. The molecule has 0 aliphatic carbocycles. The van der Waals surface area contributed by atoms with Gasteiger partial charge in [0, 0.05) is 20.0 Å². The number of para-hydroxylation sites is 1. The highest BCUT2D eigenvalue weighted by Gasteiger charge is 2.08. The molecule has 0 atom stereocenters. The number of nitrogens with zero attached hydrogens (tertiary/aromatic N) is 4. The van der Waals surface area contributed by atoms with Gasteiger partial charge in [0.15, 0.2) is 5.82 Å². The summed E-state index contributed by atoms with van der Waals surface area (Å²) in [5, 5.41) is 7.22. The van der Waals surface area contributed by atoms with Crippen LogP contribution in [0.15, 0.2) is 40.2 Å². The molecule has 2 N–H and O–H groups in total. The monoisotopic (exact) mass is 342 g/mol. The normalized spacial score (nSPS) is 10.9. The number of fused-ring (bicyclic) bond motifs is 1. The number of rotatable bonds is 6. The highest BCUT2D eigenvalue weighted by atomic mass is 16.2. The molecule has 1 aromatic carbocycles. The molecule has 3 rings (SSSR count). The van der Waals surface area contributed by atoms with Crippen molar-refractivity contribution in [3.8, 4) is 0 Å². The Morgan fingerprint density at radius 3 is 2.84 bits per heavy atom. The topological polar surface area (TPSA) is 115 Å². The Bertz CT molecular complexity index is 1020. The van der Waals surface area contributed by atoms with E-state index in [0.717, 1.165) is 4.57 Å². The van der Waals surface area contributed by atoms with E-state index < -0.39 is 5.69 Å². The highest BCUT2D eigenvalue weighted by molar-refractivity contribution is 5.77. The summed E-state index contributed by atoms with van der Waals surface area (Å²) in [7, 11) is 1.75. The number of aryl methyl sites for hydroxylation is 1. The number of aromatic amines is 1. The van der Waals surface area contributed by atoms with Crippen molar-refractivity contribution in [3.05, 3.63) is 57.3 Å². The van der Waals surface area contributed by atoms with Crippen LogP contribution < -0.4 is 16.6 Å². The van der Waals surface area contributed by atoms with Crippen LogP contribution in [0.2, 0.25) is 0 Å². The third kappa shape index (κ3) is 3.82. The molecule has 0 aliphatic heterocycles. The number of H-pyrrole nitrogens is 1. The summed E-state index contributed by atoms with van der Waals surface area (Å²) in [5.74, 6) is 0.343. The first-order valence-corrected chi connectivity index (χ1v) is 7.87. The average Bonchev–Trinajstić information content (AvgIpc) is 3.01. The maximum Gasteiger partial charge on any atom is 0.328 e. The maximum absolute atomic E-state index is 12.4. The average molecular weight is 342 g/mol. The third-order valence-corrected chi connectivity index (χ3v) is 3.77. The molecule has 2 aromatic heterocycles. The van der Waals surface area contributed by atoms with E-state index in [1.165, 1.54) is 0 Å². The second-order valence-electron chi connectivity index (χ2n) is 5.65. The fourth-order valence-corrected chi connectivity index (χ4v) is 2.53. The summed E-state index contributed by atoms with van der Waals surface area (Å²) >= 11 is 0. The molecule has 0 spiro atoms. The molecule has 130 valence electrons. The summed E-state index contributed by atoms with van der Waals surface area (Å²) < 4.78 is 2.68. The summed E-state index contributed by atoms with van der Waals surface area (Å²) in [6, 6.07) is 6.84. The van der Waals surface area contributed by atoms with Crippen molar-refractivity contribution < 1.29 is 4.79 Å². The van der Waals surface area contributed by atoms with Crippen molar-refractivity contribution in [2.75, 3.05) is 0 Å². The number of aromatic nitrogens is 5. The Morgan fingerprint density at radius 2 is 2.08 bits per heavy atom. The summed E-state index contributed by atoms with van der Waals surface area (Å²) in [6.07, 6.45) is 2.13. The molecule has 9 nitrogen and oxygen atoms in total. The van der Waals surface area contributed by atoms with Crippen molar-refractivity contribution in [2.45, 2.75) is 25.9 Å². The van der Waals surface area contributed by atoms with E-state index in [0.29, 0.717) is 23.1 Å². The molecule has 2 heterocycles. The van der Waals surface area contributed by atoms with Crippen LogP contribution in [0.25, 0.3) is 10.9 Å². The van der Waals surface area contributed by atoms with Crippen LogP contribution in [-0.2, 0) is 24.9 Å². The number of hydrogen-bond donors (Lipinski definition) is 2. The zero-order valence-corrected chi connectivity index (χ0v) is 13.7. The van der Waals surface area contributed by atoms with E-state index in [-0.39, 0.29) is 31.0 Å². The largest absolute Gasteiger partial charge is 0.349 e. The molecule has 25 heavy (non-hydrogen) atoms. The molecular weight excluding hydrogens is 324 g/mol. The maximum atomic E-state index is 12.4. The Hall–Kier alpha value is -3.23. The van der Waals surface area contributed by atoms with Gasteiger partial charge in [0.1, 0.15) is 6.33 Å². The second kappa shape index (κ2) is 7.12. The van der Waals surface area contributed by atoms with Crippen LogP contribution in [0.3, 0.4) is 0 Å². The number of nitrogens with one attached hydrogen (secondary N) is 2. The standard InChI is InChI=1S/C16H18N6O3/c1-21-10-18-13(20-21)9-17-14(23)7-4-8-22-15(24)11-5-2-3-6-12(11)19-16(22)25/h2-3,5-6,10H,4,7-9H2,1H3,(H,17,23)(H,19,25). The van der Waals surface area contributed by atoms with Crippen molar-refractivity contribution in [3.63, 3.8) is 0 Å². The van der Waals surface area contributed by atoms with E-state index in [9.17, 15) is 14.4 Å². The van der Waals surface area contributed by atoms with Gasteiger partial charge in [0.05, 0.1) is 17.4 Å². The van der Waals surface area contributed by atoms with Gasteiger partial charge in [-0.25, -0.2) is 9.78 Å². The zero-order valence-electron chi connectivity index (χ0n) is 13.7. The minimum absolute atomic E-state index is 0.175. The molecule has 0 saturated carbocycles. The lowest BCUT2D eigenvalue weighted by Crippen LogP contribution is -2.35. The van der Waals surface area contributed by atoms with Crippen LogP contribution in [0, 0.1) is 0 Å². The summed E-state index contributed by atoms with van der Waals surface area (Å²) in [5.41, 5.74) is -0.311. The van der Waals surface area contributed by atoms with E-state index in [1.54, 1.807) is 42.3 Å². The predicted molar refractivity (Wildman–Crippen MR) is 90.9 cm³/mol. The van der Waals surface area contributed by atoms with Crippen LogP contribution in [0.4, 0.5) is 0 Å². The van der Waals surface area contributed by atoms with Crippen LogP contribution in [0.5, 0.6) is 0 Å². The Labute approximate surface area is 142 Å². The minimum atomic E-state index is -0.471. The lowest BCUT2D eigenvalue weighted by Gasteiger charge is -2.06. The zero-order chi connectivity index (χ0) is 17.8. The van der Waals surface area contributed by atoms with Gasteiger partial charge in [-0.2, -0.15) is 5.10 Å². The predicted octanol–water partition coefficient (Wildman–Crippen LogP) is -0.0851. The van der Waals surface area contributed by atoms with Crippen molar-refractivity contribution in [1.29, 1.82) is 0 Å². The van der Waals surface area contributed by atoms with Gasteiger partial charge in [0.25, 0.3) is 5.56 Å². The second-order valence-corrected chi connectivity index (χ2v) is 5.65. The summed E-state index contributed by atoms with van der Waals surface area (Å²) in [6.45, 7) is 0.421. The van der Waals surface area contributed by atoms with Crippen LogP contribution in [0.1, 0.15) is 18.7 Å². The molecule has 9 heteroatoms. The first kappa shape index (κ1) is 16.6. The Kier molecular flexibility index (Phi) is 4.73. The van der Waals surface area contributed by atoms with E-state index >= 15 is 0 Å². The third-order valence-electron chi connectivity index (χ3n) is 3.77. The van der Waals surface area contributed by atoms with Crippen molar-refractivity contribution >= 4 is 16.8 Å². The van der Waals surface area contributed by atoms with Crippen LogP contribution in [-0.4, -0.2) is 30.2 Å². The van der Waals surface area contributed by atoms with E-state index in [1.807, 2.05) is 0 Å². The van der Waals surface area contributed by atoms with Gasteiger partial charge in [-0.1, -0.05) is 12.1 Å². The van der Waals surface area contributed by atoms with Gasteiger partial charge in [0.2, 0.25) is 5.91 Å². The lowest BCUT2D eigenvalue weighted by molar-refractivity contribution is -0.121. The minimum Gasteiger partial charge on any atom is -0.349 e. The molecule has 0 saturated heterocycles. The molecule has 0 fully saturated rings. The number of carbonyl (C=O) groups is 1. The van der Waals surface area contributed by atoms with E-state index in [2.05, 4.69) is 20.4 Å². The number of carbonyl (C=O) groups excluding carboxylic acids is 1. The van der Waals surface area contributed by atoms with Gasteiger partial charge in [-0.15, -0.1) is 0 Å². The van der Waals surface area contributed by atoms with Gasteiger partial charge < -0.3 is 10.3 Å². The quantitative estimate of drug-likeness (QED) is 0.650. The Balaban J connectivity index is 1.58. The number of benzene rings is 1. The fourth-order valence-electron chi connectivity index (χ4n) is 2.53. The first-order chi connectivity index (χ1) is 12.0. The van der Waals surface area contributed by atoms with Gasteiger partial charge in [-0.05, 0) is 18.6 Å². The number of hydrogen-bond acceptors (Lipinski definition) is 5. The summed E-state index contributed by atoms with van der Waals surface area (Å²) in [4.78, 5) is 42.9. The van der Waals surface area contributed by atoms with Gasteiger partial charge in [-0.3, -0.25) is 18.8 Å². The first-order valence-electron chi connectivity index (χ1n) is 7.87. The molecule has 0 radical (unpaired) electrons. The van der Waals surface area contributed by atoms with Crippen LogP contribution >= 0.6 is 0 Å². The lowest BCUT2D eigenvalue weighted by atomic mass is 10.2. The molecule has 0 unspecified atom stereocenters. The van der Waals surface area contributed by atoms with E-state index in [4.69, 9.17) is 0 Å². The fraction of sp³-hybridized carbons (Fsp3) is 0.312. The van der Waals surface area contributed by atoms with Crippen molar-refractivity contribution in [1.82, 2.24) is 29.6 Å². The smallest absolute Gasteiger partial charge is 0.328 e. The highest BCUT2D eigenvalue weighted by Crippen LogP contribution is 2.03. The van der Waals surface area contributed by atoms with Crippen molar-refractivity contribution in [2.24, 2.45) is 7.05 Å². The number of amides is 1. The molecule has 3 aromatic rings. The Morgan fingerprint density at radius 1 is 1.28 bits per heavy atom. The SMILES string of the molecule is Cn1cnc(CNC(=O)CCCn2c(=O)[nH]c3ccccc3c2=O)n1.